The number of carboxylic acids is 1. The number of rotatable bonds is 7. The van der Waals surface area contributed by atoms with Gasteiger partial charge in [-0.25, -0.2) is 4.79 Å². The first-order chi connectivity index (χ1) is 19.9. The van der Waals surface area contributed by atoms with Crippen molar-refractivity contribution in [3.63, 3.8) is 0 Å². The summed E-state index contributed by atoms with van der Waals surface area (Å²) in [4.78, 5) is 40.3. The molecule has 3 aromatic carbocycles. The third-order valence-electron chi connectivity index (χ3n) is 9.41. The maximum absolute atomic E-state index is 13.6. The zero-order valence-electron chi connectivity index (χ0n) is 23.6. The smallest absolute Gasteiger partial charge is 0.335 e. The number of carbonyl (C=O) groups is 3. The number of nitrogens with zero attached hydrogens (tertiary/aromatic N) is 1. The van der Waals surface area contributed by atoms with Crippen molar-refractivity contribution in [2.75, 3.05) is 6.54 Å². The predicted octanol–water partition coefficient (Wildman–Crippen LogP) is 6.18. The molecule has 2 saturated carbocycles. The molecule has 3 aromatic rings. The van der Waals surface area contributed by atoms with Crippen molar-refractivity contribution < 1.29 is 19.5 Å². The molecule has 2 N–H and O–H groups in total. The molecule has 0 bridgehead atoms. The van der Waals surface area contributed by atoms with E-state index in [0.717, 1.165) is 59.9 Å². The molecule has 41 heavy (non-hydrogen) atoms. The number of carbonyl (C=O) groups excluding carboxylic acids is 2. The van der Waals surface area contributed by atoms with Gasteiger partial charge in [-0.1, -0.05) is 61.5 Å². The van der Waals surface area contributed by atoms with Gasteiger partial charge in [0.2, 0.25) is 11.8 Å². The van der Waals surface area contributed by atoms with Crippen molar-refractivity contribution in [3.8, 4) is 11.1 Å². The van der Waals surface area contributed by atoms with Crippen LogP contribution in [0.25, 0.3) is 11.1 Å². The molecule has 0 radical (unpaired) electrons. The first kappa shape index (κ1) is 27.3. The lowest BCUT2D eigenvalue weighted by atomic mass is 9.81. The van der Waals surface area contributed by atoms with Crippen LogP contribution in [0.3, 0.4) is 0 Å². The molecule has 3 aliphatic rings. The van der Waals surface area contributed by atoms with Gasteiger partial charge in [0.25, 0.3) is 0 Å². The SMILES string of the molecule is CC1CCC(C(=O)N2CCc3c(-c4cccc(C(=O)O)c4)ccc(CNC(=O)[C@@H]4C[C@H]4c4ccccc4)c3C2)CC1. The van der Waals surface area contributed by atoms with Gasteiger partial charge in [0, 0.05) is 31.5 Å². The Morgan fingerprint density at radius 2 is 1.71 bits per heavy atom. The number of benzene rings is 3. The first-order valence-corrected chi connectivity index (χ1v) is 15.0. The predicted molar refractivity (Wildman–Crippen MR) is 158 cm³/mol. The lowest BCUT2D eigenvalue weighted by Gasteiger charge is -2.36. The van der Waals surface area contributed by atoms with Gasteiger partial charge in [-0.3, -0.25) is 9.59 Å². The number of hydrogen-bond donors (Lipinski definition) is 2. The lowest BCUT2D eigenvalue weighted by Crippen LogP contribution is -2.41. The molecule has 212 valence electrons. The molecule has 6 rings (SSSR count). The number of carboxylic acid groups (broad SMARTS) is 1. The number of nitrogens with one attached hydrogen (secondary N) is 1. The van der Waals surface area contributed by atoms with Gasteiger partial charge in [0.1, 0.15) is 0 Å². The second-order valence-electron chi connectivity index (χ2n) is 12.2. The first-order valence-electron chi connectivity index (χ1n) is 15.0. The number of aromatic carboxylic acids is 1. The minimum atomic E-state index is -0.951. The Labute approximate surface area is 241 Å². The van der Waals surface area contributed by atoms with Crippen LogP contribution < -0.4 is 5.32 Å². The summed E-state index contributed by atoms with van der Waals surface area (Å²) in [6.45, 7) is 3.86. The van der Waals surface area contributed by atoms with Gasteiger partial charge < -0.3 is 15.3 Å². The van der Waals surface area contributed by atoms with E-state index in [1.807, 2.05) is 41.3 Å². The zero-order valence-corrected chi connectivity index (χ0v) is 23.6. The molecule has 0 saturated heterocycles. The van der Waals surface area contributed by atoms with Crippen molar-refractivity contribution in [3.05, 3.63) is 94.5 Å². The monoisotopic (exact) mass is 550 g/mol. The van der Waals surface area contributed by atoms with Gasteiger partial charge in [-0.15, -0.1) is 0 Å². The minimum Gasteiger partial charge on any atom is -0.478 e. The molecule has 1 aliphatic heterocycles. The van der Waals surface area contributed by atoms with Crippen molar-refractivity contribution >= 4 is 17.8 Å². The highest BCUT2D eigenvalue weighted by molar-refractivity contribution is 5.90. The van der Waals surface area contributed by atoms with E-state index in [2.05, 4.69) is 24.4 Å². The molecule has 2 amide bonds. The Balaban J connectivity index is 1.25. The van der Waals surface area contributed by atoms with E-state index < -0.39 is 5.97 Å². The molecule has 2 aliphatic carbocycles. The van der Waals surface area contributed by atoms with Crippen molar-refractivity contribution in [2.45, 2.75) is 64.5 Å². The summed E-state index contributed by atoms with van der Waals surface area (Å²) in [5.74, 6) is 0.431. The van der Waals surface area contributed by atoms with Crippen LogP contribution in [0.5, 0.6) is 0 Å². The molecular formula is C35H38N2O4. The molecular weight excluding hydrogens is 512 g/mol. The third kappa shape index (κ3) is 5.79. The van der Waals surface area contributed by atoms with Crippen LogP contribution in [-0.2, 0) is 29.1 Å². The maximum atomic E-state index is 13.6. The quantitative estimate of drug-likeness (QED) is 0.368. The Bertz CT molecular complexity index is 1460. The van der Waals surface area contributed by atoms with Crippen LogP contribution in [-0.4, -0.2) is 34.3 Å². The Morgan fingerprint density at radius 1 is 0.927 bits per heavy atom. The van der Waals surface area contributed by atoms with Crippen LogP contribution >= 0.6 is 0 Å². The van der Waals surface area contributed by atoms with Crippen LogP contribution in [0.1, 0.15) is 77.6 Å². The van der Waals surface area contributed by atoms with Crippen LogP contribution in [0, 0.1) is 17.8 Å². The second kappa shape index (κ2) is 11.5. The summed E-state index contributed by atoms with van der Waals surface area (Å²) in [6.07, 6.45) is 5.70. The van der Waals surface area contributed by atoms with Crippen molar-refractivity contribution in [2.24, 2.45) is 17.8 Å². The maximum Gasteiger partial charge on any atom is 0.335 e. The summed E-state index contributed by atoms with van der Waals surface area (Å²) >= 11 is 0. The highest BCUT2D eigenvalue weighted by Gasteiger charge is 2.43. The summed E-state index contributed by atoms with van der Waals surface area (Å²) < 4.78 is 0. The average Bonchev–Trinajstić information content (AvgIpc) is 3.81. The number of amides is 2. The van der Waals surface area contributed by atoms with E-state index in [1.54, 1.807) is 18.2 Å². The van der Waals surface area contributed by atoms with Crippen molar-refractivity contribution in [1.82, 2.24) is 10.2 Å². The summed E-state index contributed by atoms with van der Waals surface area (Å²) in [7, 11) is 0. The van der Waals surface area contributed by atoms with Crippen molar-refractivity contribution in [1.29, 1.82) is 0 Å². The Kier molecular flexibility index (Phi) is 7.65. The standard InChI is InChI=1S/C35H38N2O4/c1-22-10-12-24(13-11-22)34(39)37-17-16-29-28(25-8-5-9-26(18-25)35(40)41)15-14-27(32(29)21-37)20-36-33(38)31-19-30(31)23-6-3-2-4-7-23/h2-9,14-15,18,22,24,30-31H,10-13,16-17,19-21H2,1H3,(H,36,38)(H,40,41)/t22?,24?,30-,31+/m0/s1. The minimum absolute atomic E-state index is 0.00183. The summed E-state index contributed by atoms with van der Waals surface area (Å²) in [5, 5.41) is 12.7. The fourth-order valence-electron chi connectivity index (χ4n) is 6.82. The van der Waals surface area contributed by atoms with E-state index >= 15 is 0 Å². The largest absolute Gasteiger partial charge is 0.478 e. The molecule has 6 nitrogen and oxygen atoms in total. The molecule has 6 heteroatoms. The molecule has 2 fully saturated rings. The van der Waals surface area contributed by atoms with E-state index in [9.17, 15) is 19.5 Å². The Morgan fingerprint density at radius 3 is 2.46 bits per heavy atom. The fraction of sp³-hybridized carbons (Fsp3) is 0.400. The fourth-order valence-corrected chi connectivity index (χ4v) is 6.82. The normalized spacial score (nSPS) is 23.4. The molecule has 1 heterocycles. The number of hydrogen-bond acceptors (Lipinski definition) is 3. The summed E-state index contributed by atoms with van der Waals surface area (Å²) in [6, 6.07) is 21.3. The van der Waals surface area contributed by atoms with Gasteiger partial charge in [-0.2, -0.15) is 0 Å². The van der Waals surface area contributed by atoms with E-state index in [-0.39, 0.29) is 35.1 Å². The van der Waals surface area contributed by atoms with Crippen LogP contribution in [0.2, 0.25) is 0 Å². The summed E-state index contributed by atoms with van der Waals surface area (Å²) in [5.41, 5.74) is 6.59. The zero-order chi connectivity index (χ0) is 28.5. The van der Waals surface area contributed by atoms with E-state index in [0.29, 0.717) is 32.0 Å². The van der Waals surface area contributed by atoms with E-state index in [4.69, 9.17) is 0 Å². The van der Waals surface area contributed by atoms with Gasteiger partial charge >= 0.3 is 5.97 Å². The lowest BCUT2D eigenvalue weighted by molar-refractivity contribution is -0.137. The Hall–Kier alpha value is -3.93. The van der Waals surface area contributed by atoms with Gasteiger partial charge in [0.05, 0.1) is 5.56 Å². The molecule has 0 spiro atoms. The highest BCUT2D eigenvalue weighted by Crippen LogP contribution is 2.47. The highest BCUT2D eigenvalue weighted by atomic mass is 16.4. The third-order valence-corrected chi connectivity index (χ3v) is 9.41. The van der Waals surface area contributed by atoms with Crippen LogP contribution in [0.4, 0.5) is 0 Å². The number of fused-ring (bicyclic) bond motifs is 1. The average molecular weight is 551 g/mol. The molecule has 0 unspecified atom stereocenters. The van der Waals surface area contributed by atoms with E-state index in [1.165, 1.54) is 5.56 Å². The molecule has 2 atom stereocenters. The second-order valence-corrected chi connectivity index (χ2v) is 12.2. The topological polar surface area (TPSA) is 86.7 Å². The molecule has 0 aromatic heterocycles. The van der Waals surface area contributed by atoms with Gasteiger partial charge in [0.15, 0.2) is 0 Å². The van der Waals surface area contributed by atoms with Gasteiger partial charge in [-0.05, 0) is 95.9 Å². The van der Waals surface area contributed by atoms with Crippen LogP contribution in [0.15, 0.2) is 66.7 Å².